The number of aryl methyl sites for hydroxylation is 2. The lowest BCUT2D eigenvalue weighted by Crippen LogP contribution is -2.38. The van der Waals surface area contributed by atoms with E-state index in [2.05, 4.69) is 20.6 Å². The average molecular weight is 347 g/mol. The van der Waals surface area contributed by atoms with E-state index in [9.17, 15) is 4.79 Å². The van der Waals surface area contributed by atoms with Crippen LogP contribution in [0, 0.1) is 13.8 Å². The number of carbonyl (C=O) groups is 1. The number of urea groups is 1. The fraction of sp³-hybridized carbons (Fsp3) is 0.647. The molecule has 2 aromatic heterocycles. The Bertz CT molecular complexity index is 713. The van der Waals surface area contributed by atoms with Gasteiger partial charge in [0.1, 0.15) is 11.8 Å². The fourth-order valence-electron chi connectivity index (χ4n) is 3.17. The molecule has 2 aromatic rings. The van der Waals surface area contributed by atoms with Crippen LogP contribution >= 0.6 is 0 Å². The van der Waals surface area contributed by atoms with Gasteiger partial charge in [-0.2, -0.15) is 4.98 Å². The number of amides is 2. The monoisotopic (exact) mass is 347 g/mol. The lowest BCUT2D eigenvalue weighted by atomic mass is 10.1. The first kappa shape index (κ1) is 17.4. The van der Waals surface area contributed by atoms with Crippen molar-refractivity contribution in [2.45, 2.75) is 65.0 Å². The first-order valence-electron chi connectivity index (χ1n) is 8.72. The molecule has 8 nitrogen and oxygen atoms in total. The van der Waals surface area contributed by atoms with E-state index in [0.29, 0.717) is 18.4 Å². The first-order valence-corrected chi connectivity index (χ1v) is 8.72. The summed E-state index contributed by atoms with van der Waals surface area (Å²) in [5.74, 6) is 2.32. The Morgan fingerprint density at radius 2 is 2.00 bits per heavy atom. The zero-order chi connectivity index (χ0) is 18.0. The molecule has 2 heterocycles. The van der Waals surface area contributed by atoms with Crippen LogP contribution in [0.5, 0.6) is 0 Å². The van der Waals surface area contributed by atoms with Gasteiger partial charge < -0.3 is 19.3 Å². The van der Waals surface area contributed by atoms with Crippen molar-refractivity contribution in [3.05, 3.63) is 28.7 Å². The Morgan fingerprint density at radius 1 is 1.28 bits per heavy atom. The van der Waals surface area contributed by atoms with Crippen molar-refractivity contribution in [3.8, 4) is 0 Å². The fourth-order valence-corrected chi connectivity index (χ4v) is 3.17. The topological polar surface area (TPSA) is 97.3 Å². The Hall–Kier alpha value is -2.38. The Kier molecular flexibility index (Phi) is 5.06. The van der Waals surface area contributed by atoms with E-state index < -0.39 is 0 Å². The van der Waals surface area contributed by atoms with Gasteiger partial charge in [-0.05, 0) is 33.6 Å². The van der Waals surface area contributed by atoms with Crippen molar-refractivity contribution in [3.63, 3.8) is 0 Å². The highest BCUT2D eigenvalue weighted by molar-refractivity contribution is 5.74. The lowest BCUT2D eigenvalue weighted by Gasteiger charge is -2.19. The van der Waals surface area contributed by atoms with Crippen molar-refractivity contribution in [1.29, 1.82) is 0 Å². The van der Waals surface area contributed by atoms with Crippen molar-refractivity contribution in [2.24, 2.45) is 0 Å². The van der Waals surface area contributed by atoms with Crippen molar-refractivity contribution in [2.75, 3.05) is 7.05 Å². The molecule has 0 bridgehead atoms. The summed E-state index contributed by atoms with van der Waals surface area (Å²) < 4.78 is 10.5. The summed E-state index contributed by atoms with van der Waals surface area (Å²) in [6, 6.07) is -0.560. The number of carbonyl (C=O) groups excluding carboxylic acids is 1. The summed E-state index contributed by atoms with van der Waals surface area (Å²) in [5.41, 5.74) is 1.72. The van der Waals surface area contributed by atoms with E-state index in [0.717, 1.165) is 35.7 Å². The first-order chi connectivity index (χ1) is 12.0. The minimum atomic E-state index is -0.345. The Balaban J connectivity index is 1.58. The number of rotatable bonds is 5. The predicted octanol–water partition coefficient (Wildman–Crippen LogP) is 3.23. The molecule has 1 aliphatic carbocycles. The van der Waals surface area contributed by atoms with Crippen LogP contribution in [0.15, 0.2) is 9.05 Å². The molecule has 1 N–H and O–H groups in total. The van der Waals surface area contributed by atoms with Crippen LogP contribution in [-0.2, 0) is 6.54 Å². The van der Waals surface area contributed by atoms with Gasteiger partial charge in [-0.1, -0.05) is 23.2 Å². The van der Waals surface area contributed by atoms with Crippen LogP contribution in [-0.4, -0.2) is 33.3 Å². The normalized spacial score (nSPS) is 16.2. The highest BCUT2D eigenvalue weighted by Crippen LogP contribution is 2.32. The Labute approximate surface area is 146 Å². The molecule has 8 heteroatoms. The van der Waals surface area contributed by atoms with Gasteiger partial charge in [0, 0.05) is 18.5 Å². The molecule has 2 amide bonds. The SMILES string of the molecule is Cc1noc(C)c1CN(C)C(=O)N[C@H](C)c1nc(C2CCCC2)no1. The van der Waals surface area contributed by atoms with Gasteiger partial charge in [-0.25, -0.2) is 4.79 Å². The second kappa shape index (κ2) is 7.25. The zero-order valence-electron chi connectivity index (χ0n) is 15.2. The molecule has 1 aliphatic rings. The third kappa shape index (κ3) is 3.83. The molecular formula is C17H25N5O3. The lowest BCUT2D eigenvalue weighted by molar-refractivity contribution is 0.200. The van der Waals surface area contributed by atoms with E-state index in [4.69, 9.17) is 9.05 Å². The van der Waals surface area contributed by atoms with Gasteiger partial charge in [-0.15, -0.1) is 0 Å². The van der Waals surface area contributed by atoms with Crippen LogP contribution in [0.3, 0.4) is 0 Å². The standard InChI is InChI=1S/C17H25N5O3/c1-10-14(12(3)24-20-10)9-22(4)17(23)18-11(2)16-19-15(21-25-16)13-7-5-6-8-13/h11,13H,5-9H2,1-4H3,(H,18,23)/t11-/m1/s1. The van der Waals surface area contributed by atoms with E-state index in [1.54, 1.807) is 11.9 Å². The smallest absolute Gasteiger partial charge is 0.318 e. The summed E-state index contributed by atoms with van der Waals surface area (Å²) in [4.78, 5) is 18.5. The second-order valence-corrected chi connectivity index (χ2v) is 6.80. The largest absolute Gasteiger partial charge is 0.361 e. The molecule has 3 rings (SSSR count). The van der Waals surface area contributed by atoms with Crippen molar-refractivity contribution < 1.29 is 13.8 Å². The van der Waals surface area contributed by atoms with E-state index in [-0.39, 0.29) is 12.1 Å². The molecule has 136 valence electrons. The summed E-state index contributed by atoms with van der Waals surface area (Å²) in [6.45, 7) is 5.97. The van der Waals surface area contributed by atoms with Gasteiger partial charge in [-0.3, -0.25) is 0 Å². The summed E-state index contributed by atoms with van der Waals surface area (Å²) >= 11 is 0. The van der Waals surface area contributed by atoms with Gasteiger partial charge >= 0.3 is 6.03 Å². The number of nitrogens with one attached hydrogen (secondary N) is 1. The van der Waals surface area contributed by atoms with Gasteiger partial charge in [0.25, 0.3) is 0 Å². The molecule has 1 saturated carbocycles. The maximum Gasteiger partial charge on any atom is 0.318 e. The van der Waals surface area contributed by atoms with E-state index >= 15 is 0 Å². The average Bonchev–Trinajstić information content (AvgIpc) is 3.31. The number of hydrogen-bond donors (Lipinski definition) is 1. The number of hydrogen-bond acceptors (Lipinski definition) is 6. The highest BCUT2D eigenvalue weighted by atomic mass is 16.5. The van der Waals surface area contributed by atoms with E-state index in [1.165, 1.54) is 12.8 Å². The Morgan fingerprint density at radius 3 is 2.64 bits per heavy atom. The molecule has 0 aliphatic heterocycles. The number of aromatic nitrogens is 3. The third-order valence-corrected chi connectivity index (χ3v) is 4.81. The summed E-state index contributed by atoms with van der Waals surface area (Å²) in [6.07, 6.45) is 4.65. The minimum absolute atomic E-state index is 0.215. The van der Waals surface area contributed by atoms with Gasteiger partial charge in [0.15, 0.2) is 5.82 Å². The van der Waals surface area contributed by atoms with Gasteiger partial charge in [0.2, 0.25) is 5.89 Å². The minimum Gasteiger partial charge on any atom is -0.361 e. The van der Waals surface area contributed by atoms with Crippen LogP contribution in [0.1, 0.15) is 73.3 Å². The number of nitrogens with zero attached hydrogens (tertiary/aromatic N) is 4. The van der Waals surface area contributed by atoms with E-state index in [1.807, 2.05) is 20.8 Å². The second-order valence-electron chi connectivity index (χ2n) is 6.80. The van der Waals surface area contributed by atoms with Crippen molar-refractivity contribution in [1.82, 2.24) is 25.5 Å². The summed E-state index contributed by atoms with van der Waals surface area (Å²) in [7, 11) is 1.73. The van der Waals surface area contributed by atoms with Crippen LogP contribution < -0.4 is 5.32 Å². The molecule has 0 saturated heterocycles. The molecule has 0 radical (unpaired) electrons. The highest BCUT2D eigenvalue weighted by Gasteiger charge is 2.25. The maximum absolute atomic E-state index is 12.4. The molecule has 0 unspecified atom stereocenters. The molecule has 25 heavy (non-hydrogen) atoms. The molecule has 1 fully saturated rings. The van der Waals surface area contributed by atoms with Crippen LogP contribution in [0.4, 0.5) is 4.79 Å². The predicted molar refractivity (Wildman–Crippen MR) is 89.9 cm³/mol. The maximum atomic E-state index is 12.4. The zero-order valence-corrected chi connectivity index (χ0v) is 15.2. The molecule has 0 spiro atoms. The van der Waals surface area contributed by atoms with Crippen LogP contribution in [0.25, 0.3) is 0 Å². The van der Waals surface area contributed by atoms with Crippen LogP contribution in [0.2, 0.25) is 0 Å². The van der Waals surface area contributed by atoms with Gasteiger partial charge in [0.05, 0.1) is 12.2 Å². The summed E-state index contributed by atoms with van der Waals surface area (Å²) in [5, 5.41) is 10.9. The molecule has 0 aromatic carbocycles. The molecular weight excluding hydrogens is 322 g/mol. The third-order valence-electron chi connectivity index (χ3n) is 4.81. The quantitative estimate of drug-likeness (QED) is 0.892. The van der Waals surface area contributed by atoms with Crippen molar-refractivity contribution >= 4 is 6.03 Å². The molecule has 1 atom stereocenters.